The molecule has 0 radical (unpaired) electrons. The van der Waals surface area contributed by atoms with E-state index in [9.17, 15) is 4.79 Å². The van der Waals surface area contributed by atoms with Crippen molar-refractivity contribution in [2.75, 3.05) is 14.2 Å². The van der Waals surface area contributed by atoms with Crippen molar-refractivity contribution in [1.29, 1.82) is 0 Å². The zero-order valence-corrected chi connectivity index (χ0v) is 15.3. The maximum absolute atomic E-state index is 12.6. The van der Waals surface area contributed by atoms with Crippen LogP contribution >= 0.6 is 11.3 Å². The monoisotopic (exact) mass is 348 g/mol. The third-order valence-corrected chi connectivity index (χ3v) is 5.76. The molecule has 1 saturated carbocycles. The average Bonchev–Trinajstić information content (AvgIpc) is 2.99. The minimum Gasteiger partial charge on any atom is -0.495 e. The van der Waals surface area contributed by atoms with Gasteiger partial charge in [-0.25, -0.2) is 0 Å². The number of carbonyl (C=O) groups is 1. The molecule has 1 aliphatic rings. The lowest BCUT2D eigenvalue weighted by atomic mass is 9.89. The normalized spacial score (nSPS) is 16.5. The van der Waals surface area contributed by atoms with Crippen molar-refractivity contribution in [1.82, 2.24) is 4.57 Å². The van der Waals surface area contributed by atoms with E-state index in [2.05, 4.69) is 11.9 Å². The molecule has 1 aromatic heterocycles. The van der Waals surface area contributed by atoms with Crippen molar-refractivity contribution in [3.05, 3.63) is 16.9 Å². The van der Waals surface area contributed by atoms with Gasteiger partial charge in [-0.3, -0.25) is 4.79 Å². The van der Waals surface area contributed by atoms with Crippen molar-refractivity contribution < 1.29 is 14.3 Å². The summed E-state index contributed by atoms with van der Waals surface area (Å²) >= 11 is 1.49. The molecule has 6 heteroatoms. The van der Waals surface area contributed by atoms with Gasteiger partial charge in [-0.2, -0.15) is 4.99 Å². The van der Waals surface area contributed by atoms with Gasteiger partial charge in [0.1, 0.15) is 21.7 Å². The van der Waals surface area contributed by atoms with Crippen molar-refractivity contribution in [2.24, 2.45) is 10.9 Å². The number of fused-ring (bicyclic) bond motifs is 1. The quantitative estimate of drug-likeness (QED) is 0.845. The molecule has 1 fully saturated rings. The van der Waals surface area contributed by atoms with E-state index in [-0.39, 0.29) is 11.8 Å². The summed E-state index contributed by atoms with van der Waals surface area (Å²) in [6.07, 6.45) is 5.43. The molecule has 5 nitrogen and oxygen atoms in total. The number of aromatic nitrogens is 1. The number of hydrogen-bond acceptors (Lipinski definition) is 4. The average molecular weight is 348 g/mol. The second-order valence-electron chi connectivity index (χ2n) is 6.06. The van der Waals surface area contributed by atoms with E-state index in [1.54, 1.807) is 14.2 Å². The summed E-state index contributed by atoms with van der Waals surface area (Å²) in [7, 11) is 3.31. The zero-order chi connectivity index (χ0) is 17.1. The highest BCUT2D eigenvalue weighted by Gasteiger charge is 2.22. The maximum Gasteiger partial charge on any atom is 0.251 e. The van der Waals surface area contributed by atoms with Crippen LogP contribution in [0.25, 0.3) is 10.2 Å². The first-order chi connectivity index (χ1) is 11.7. The molecule has 24 heavy (non-hydrogen) atoms. The molecule has 1 aromatic carbocycles. The smallest absolute Gasteiger partial charge is 0.251 e. The second-order valence-corrected chi connectivity index (χ2v) is 7.04. The Hall–Kier alpha value is -1.82. The third-order valence-electron chi connectivity index (χ3n) is 4.67. The number of carbonyl (C=O) groups excluding carboxylic acids is 1. The molecule has 0 aliphatic heterocycles. The van der Waals surface area contributed by atoms with Crippen LogP contribution in [0.5, 0.6) is 11.5 Å². The Morgan fingerprint density at radius 2 is 1.88 bits per heavy atom. The lowest BCUT2D eigenvalue weighted by Gasteiger charge is -2.17. The first-order valence-corrected chi connectivity index (χ1v) is 9.34. The number of ether oxygens (including phenoxy) is 2. The molecular weight excluding hydrogens is 324 g/mol. The summed E-state index contributed by atoms with van der Waals surface area (Å²) in [5, 5.41) is 0. The molecule has 0 unspecified atom stereocenters. The second kappa shape index (κ2) is 7.38. The van der Waals surface area contributed by atoms with E-state index < -0.39 is 0 Å². The molecule has 0 bridgehead atoms. The molecule has 1 amide bonds. The van der Waals surface area contributed by atoms with Crippen LogP contribution in [0.3, 0.4) is 0 Å². The molecule has 0 atom stereocenters. The SMILES string of the molecule is CCn1c(=NC(=O)C2CCCCC2)sc2c(OC)ccc(OC)c21. The Bertz CT molecular complexity index is 800. The molecule has 0 saturated heterocycles. The number of amides is 1. The minimum atomic E-state index is 0.0152. The van der Waals surface area contributed by atoms with Gasteiger partial charge in [0.05, 0.1) is 14.2 Å². The van der Waals surface area contributed by atoms with Crippen molar-refractivity contribution in [2.45, 2.75) is 45.6 Å². The van der Waals surface area contributed by atoms with Crippen LogP contribution in [-0.2, 0) is 11.3 Å². The first-order valence-electron chi connectivity index (χ1n) is 8.52. The van der Waals surface area contributed by atoms with Crippen LogP contribution in [0, 0.1) is 5.92 Å². The van der Waals surface area contributed by atoms with Crippen molar-refractivity contribution in [3.8, 4) is 11.5 Å². The summed E-state index contributed by atoms with van der Waals surface area (Å²) in [6, 6.07) is 3.79. The highest BCUT2D eigenvalue weighted by Crippen LogP contribution is 2.35. The van der Waals surface area contributed by atoms with Gasteiger partial charge in [-0.15, -0.1) is 0 Å². The van der Waals surface area contributed by atoms with Gasteiger partial charge in [-0.05, 0) is 31.9 Å². The Morgan fingerprint density at radius 3 is 2.50 bits per heavy atom. The van der Waals surface area contributed by atoms with Gasteiger partial charge in [0, 0.05) is 12.5 Å². The van der Waals surface area contributed by atoms with Gasteiger partial charge >= 0.3 is 0 Å². The summed E-state index contributed by atoms with van der Waals surface area (Å²) in [5.74, 6) is 1.65. The maximum atomic E-state index is 12.6. The molecular formula is C18H24N2O3S. The zero-order valence-electron chi connectivity index (χ0n) is 14.5. The molecule has 1 aliphatic carbocycles. The van der Waals surface area contributed by atoms with Gasteiger partial charge in [-0.1, -0.05) is 30.6 Å². The topological polar surface area (TPSA) is 52.8 Å². The van der Waals surface area contributed by atoms with Crippen LogP contribution in [-0.4, -0.2) is 24.7 Å². The molecule has 3 rings (SSSR count). The Kier molecular flexibility index (Phi) is 5.23. The number of rotatable bonds is 4. The highest BCUT2D eigenvalue weighted by atomic mass is 32.1. The number of methoxy groups -OCH3 is 2. The fourth-order valence-electron chi connectivity index (χ4n) is 3.37. The summed E-state index contributed by atoms with van der Waals surface area (Å²) in [6.45, 7) is 2.77. The van der Waals surface area contributed by atoms with Gasteiger partial charge in [0.15, 0.2) is 4.80 Å². The molecule has 0 spiro atoms. The fourth-order valence-corrected chi connectivity index (χ4v) is 4.58. The van der Waals surface area contributed by atoms with Gasteiger partial charge in [0.25, 0.3) is 5.91 Å². The van der Waals surface area contributed by atoms with E-state index in [1.165, 1.54) is 17.8 Å². The Labute approximate surface area is 145 Å². The Morgan fingerprint density at radius 1 is 1.21 bits per heavy atom. The lowest BCUT2D eigenvalue weighted by Crippen LogP contribution is -2.21. The summed E-state index contributed by atoms with van der Waals surface area (Å²) in [5.41, 5.74) is 0.944. The predicted octanol–water partition coefficient (Wildman–Crippen LogP) is 3.75. The molecule has 130 valence electrons. The predicted molar refractivity (Wildman–Crippen MR) is 95.7 cm³/mol. The number of thiazole rings is 1. The van der Waals surface area contributed by atoms with Crippen LogP contribution in [0.15, 0.2) is 17.1 Å². The number of benzene rings is 1. The van der Waals surface area contributed by atoms with Crippen LogP contribution in [0.4, 0.5) is 0 Å². The number of nitrogens with zero attached hydrogens (tertiary/aromatic N) is 2. The van der Waals surface area contributed by atoms with E-state index in [4.69, 9.17) is 9.47 Å². The highest BCUT2D eigenvalue weighted by molar-refractivity contribution is 7.16. The third kappa shape index (κ3) is 3.07. The van der Waals surface area contributed by atoms with Gasteiger partial charge < -0.3 is 14.0 Å². The Balaban J connectivity index is 2.13. The van der Waals surface area contributed by atoms with E-state index >= 15 is 0 Å². The first kappa shape index (κ1) is 17.0. The van der Waals surface area contributed by atoms with Crippen LogP contribution in [0.2, 0.25) is 0 Å². The fraction of sp³-hybridized carbons (Fsp3) is 0.556. The minimum absolute atomic E-state index is 0.0152. The molecule has 0 N–H and O–H groups in total. The lowest BCUT2D eigenvalue weighted by molar-refractivity contribution is -0.122. The van der Waals surface area contributed by atoms with E-state index in [0.717, 1.165) is 58.7 Å². The van der Waals surface area contributed by atoms with Gasteiger partial charge in [0.2, 0.25) is 0 Å². The van der Waals surface area contributed by atoms with E-state index in [1.807, 2.05) is 16.7 Å². The standard InChI is InChI=1S/C18H24N2O3S/c1-4-20-15-13(22-2)10-11-14(23-3)16(15)24-18(20)19-17(21)12-8-6-5-7-9-12/h10-12H,4-9H2,1-3H3. The van der Waals surface area contributed by atoms with Crippen molar-refractivity contribution in [3.63, 3.8) is 0 Å². The number of aryl methyl sites for hydroxylation is 1. The van der Waals surface area contributed by atoms with E-state index in [0.29, 0.717) is 0 Å². The van der Waals surface area contributed by atoms with Crippen molar-refractivity contribution >= 4 is 27.5 Å². The summed E-state index contributed by atoms with van der Waals surface area (Å²) < 4.78 is 14.0. The van der Waals surface area contributed by atoms with Crippen LogP contribution < -0.4 is 14.3 Å². The number of hydrogen-bond donors (Lipinski definition) is 0. The van der Waals surface area contributed by atoms with Crippen LogP contribution in [0.1, 0.15) is 39.0 Å². The summed E-state index contributed by atoms with van der Waals surface area (Å²) in [4.78, 5) is 17.8. The molecule has 2 aromatic rings. The molecule has 1 heterocycles. The largest absolute Gasteiger partial charge is 0.495 e.